The number of nitrogens with zero attached hydrogens (tertiary/aromatic N) is 1. The van der Waals surface area contributed by atoms with Gasteiger partial charge in [-0.15, -0.1) is 0 Å². The van der Waals surface area contributed by atoms with Crippen LogP contribution in [0, 0.1) is 17.6 Å². The van der Waals surface area contributed by atoms with Gasteiger partial charge in [0.2, 0.25) is 5.89 Å². The minimum absolute atomic E-state index is 0.0243. The molecule has 2 atom stereocenters. The highest BCUT2D eigenvalue weighted by Crippen LogP contribution is 2.37. The second-order valence-corrected chi connectivity index (χ2v) is 11.8. The Hall–Kier alpha value is -3.65. The van der Waals surface area contributed by atoms with Crippen molar-refractivity contribution < 1.29 is 44.7 Å². The summed E-state index contributed by atoms with van der Waals surface area (Å²) in [5, 5.41) is 2.42. The van der Waals surface area contributed by atoms with Crippen molar-refractivity contribution in [3.63, 3.8) is 0 Å². The standard InChI is InChI=1S/C26H27F4N3O6S/c1-13(31)23-22(24(34)32-19(12-40(2,35)36)17-7-6-16(27)10-18(17)28)33-25(39-23)15-5-8-20(38-26(29)30)21(9-15)37-11-14-3-4-14/h5-10,13-14,19,26H,3-4,11-12,31H2,1-2H3,(H,32,34)/t13-,19+/m0/s1. The average molecular weight is 586 g/mol. The van der Waals surface area contributed by atoms with E-state index in [1.807, 2.05) is 0 Å². The molecule has 0 radical (unpaired) electrons. The van der Waals surface area contributed by atoms with Crippen LogP contribution in [0.25, 0.3) is 11.5 Å². The van der Waals surface area contributed by atoms with E-state index in [0.717, 1.165) is 31.2 Å². The number of oxazole rings is 1. The molecule has 4 rings (SSSR count). The molecule has 0 bridgehead atoms. The molecule has 216 valence electrons. The number of carbonyl (C=O) groups is 1. The van der Waals surface area contributed by atoms with Gasteiger partial charge < -0.3 is 24.9 Å². The molecule has 0 aliphatic heterocycles. The topological polar surface area (TPSA) is 134 Å². The van der Waals surface area contributed by atoms with Crippen LogP contribution in [-0.2, 0) is 9.84 Å². The Kier molecular flexibility index (Phi) is 8.68. The van der Waals surface area contributed by atoms with Crippen LogP contribution >= 0.6 is 0 Å². The number of alkyl halides is 2. The Morgan fingerprint density at radius 1 is 1.18 bits per heavy atom. The van der Waals surface area contributed by atoms with Gasteiger partial charge in [-0.25, -0.2) is 22.2 Å². The van der Waals surface area contributed by atoms with Gasteiger partial charge in [0, 0.05) is 23.4 Å². The van der Waals surface area contributed by atoms with E-state index in [4.69, 9.17) is 14.9 Å². The molecule has 3 N–H and O–H groups in total. The molecule has 1 fully saturated rings. The van der Waals surface area contributed by atoms with Gasteiger partial charge in [0.15, 0.2) is 23.0 Å². The average Bonchev–Trinajstić information content (AvgIpc) is 3.56. The number of halogens is 4. The fourth-order valence-electron chi connectivity index (χ4n) is 3.89. The van der Waals surface area contributed by atoms with Crippen LogP contribution in [0.15, 0.2) is 40.8 Å². The van der Waals surface area contributed by atoms with Crippen LogP contribution in [0.4, 0.5) is 17.6 Å². The molecular weight excluding hydrogens is 558 g/mol. The summed E-state index contributed by atoms with van der Waals surface area (Å²) in [7, 11) is -3.74. The number of amides is 1. The molecule has 14 heteroatoms. The Balaban J connectivity index is 1.67. The van der Waals surface area contributed by atoms with Crippen molar-refractivity contribution in [2.24, 2.45) is 11.7 Å². The van der Waals surface area contributed by atoms with E-state index in [1.54, 1.807) is 0 Å². The summed E-state index contributed by atoms with van der Waals surface area (Å²) < 4.78 is 93.8. The van der Waals surface area contributed by atoms with E-state index >= 15 is 0 Å². The first-order chi connectivity index (χ1) is 18.8. The SMILES string of the molecule is C[C@H](N)c1oc(-c2ccc(OC(F)F)c(OCC3CC3)c2)nc1C(=O)N[C@H](CS(C)(=O)=O)c1ccc(F)cc1F. The van der Waals surface area contributed by atoms with Crippen molar-refractivity contribution in [2.45, 2.75) is 38.5 Å². The largest absolute Gasteiger partial charge is 0.489 e. The van der Waals surface area contributed by atoms with Gasteiger partial charge in [0.05, 0.1) is 24.4 Å². The van der Waals surface area contributed by atoms with Gasteiger partial charge in [-0.3, -0.25) is 4.79 Å². The van der Waals surface area contributed by atoms with E-state index < -0.39 is 51.8 Å². The zero-order chi connectivity index (χ0) is 29.2. The van der Waals surface area contributed by atoms with Crippen LogP contribution in [0.3, 0.4) is 0 Å². The van der Waals surface area contributed by atoms with Crippen LogP contribution in [0.1, 0.15) is 53.7 Å². The van der Waals surface area contributed by atoms with E-state index in [0.29, 0.717) is 18.6 Å². The van der Waals surface area contributed by atoms with Crippen LogP contribution in [0.5, 0.6) is 11.5 Å². The molecule has 1 amide bonds. The summed E-state index contributed by atoms with van der Waals surface area (Å²) in [4.78, 5) is 17.5. The monoisotopic (exact) mass is 585 g/mol. The second kappa shape index (κ2) is 11.8. The number of nitrogens with one attached hydrogen (secondary N) is 1. The first-order valence-electron chi connectivity index (χ1n) is 12.2. The third-order valence-corrected chi connectivity index (χ3v) is 6.91. The zero-order valence-corrected chi connectivity index (χ0v) is 22.3. The number of sulfone groups is 1. The lowest BCUT2D eigenvalue weighted by molar-refractivity contribution is -0.0515. The maximum Gasteiger partial charge on any atom is 0.387 e. The van der Waals surface area contributed by atoms with Crippen molar-refractivity contribution in [3.05, 3.63) is 65.1 Å². The summed E-state index contributed by atoms with van der Waals surface area (Å²) >= 11 is 0. The van der Waals surface area contributed by atoms with Gasteiger partial charge in [0.1, 0.15) is 21.5 Å². The Morgan fingerprint density at radius 3 is 2.50 bits per heavy atom. The number of hydrogen-bond donors (Lipinski definition) is 2. The van der Waals surface area contributed by atoms with Crippen LogP contribution in [-0.4, -0.2) is 44.5 Å². The van der Waals surface area contributed by atoms with Crippen LogP contribution < -0.4 is 20.5 Å². The molecule has 0 saturated heterocycles. The highest BCUT2D eigenvalue weighted by Gasteiger charge is 2.29. The molecule has 1 aliphatic rings. The minimum atomic E-state index is -3.74. The van der Waals surface area contributed by atoms with Crippen molar-refractivity contribution >= 4 is 15.7 Å². The first kappa shape index (κ1) is 29.3. The first-order valence-corrected chi connectivity index (χ1v) is 14.3. The fourth-order valence-corrected chi connectivity index (χ4v) is 4.76. The summed E-state index contributed by atoms with van der Waals surface area (Å²) in [6, 6.07) is 4.29. The summed E-state index contributed by atoms with van der Waals surface area (Å²) in [5.41, 5.74) is 5.68. The number of benzene rings is 2. The summed E-state index contributed by atoms with van der Waals surface area (Å²) in [6.45, 7) is -1.27. The Bertz CT molecular complexity index is 1490. The van der Waals surface area contributed by atoms with Crippen molar-refractivity contribution in [1.82, 2.24) is 10.3 Å². The van der Waals surface area contributed by atoms with E-state index in [-0.39, 0.29) is 40.0 Å². The highest BCUT2D eigenvalue weighted by molar-refractivity contribution is 7.90. The third-order valence-electron chi connectivity index (χ3n) is 5.97. The van der Waals surface area contributed by atoms with Gasteiger partial charge in [0.25, 0.3) is 5.91 Å². The molecule has 2 aromatic carbocycles. The normalized spacial score (nSPS) is 15.1. The molecule has 1 aromatic heterocycles. The molecule has 40 heavy (non-hydrogen) atoms. The quantitative estimate of drug-likeness (QED) is 0.296. The smallest absolute Gasteiger partial charge is 0.387 e. The number of hydrogen-bond acceptors (Lipinski definition) is 8. The lowest BCUT2D eigenvalue weighted by Crippen LogP contribution is -2.34. The fraction of sp³-hybridized carbons (Fsp3) is 0.385. The molecule has 0 spiro atoms. The van der Waals surface area contributed by atoms with Gasteiger partial charge in [-0.1, -0.05) is 6.07 Å². The number of rotatable bonds is 12. The number of ether oxygens (including phenoxy) is 2. The molecule has 9 nitrogen and oxygen atoms in total. The molecule has 1 aliphatic carbocycles. The van der Waals surface area contributed by atoms with Crippen LogP contribution in [0.2, 0.25) is 0 Å². The van der Waals surface area contributed by atoms with Crippen molar-refractivity contribution in [2.75, 3.05) is 18.6 Å². The predicted molar refractivity (Wildman–Crippen MR) is 136 cm³/mol. The number of aromatic nitrogens is 1. The van der Waals surface area contributed by atoms with Gasteiger partial charge in [-0.2, -0.15) is 8.78 Å². The molecule has 1 saturated carbocycles. The third kappa shape index (κ3) is 7.50. The Morgan fingerprint density at radius 2 is 1.90 bits per heavy atom. The maximum absolute atomic E-state index is 14.5. The lowest BCUT2D eigenvalue weighted by Gasteiger charge is -2.19. The lowest BCUT2D eigenvalue weighted by atomic mass is 10.1. The zero-order valence-electron chi connectivity index (χ0n) is 21.5. The van der Waals surface area contributed by atoms with E-state index in [2.05, 4.69) is 15.0 Å². The molecule has 3 aromatic rings. The van der Waals surface area contributed by atoms with Crippen molar-refractivity contribution in [3.8, 4) is 23.0 Å². The van der Waals surface area contributed by atoms with Gasteiger partial charge in [-0.05, 0) is 49.9 Å². The van der Waals surface area contributed by atoms with E-state index in [1.165, 1.54) is 25.1 Å². The Labute approximate surface area is 227 Å². The van der Waals surface area contributed by atoms with Crippen molar-refractivity contribution in [1.29, 1.82) is 0 Å². The molecule has 0 unspecified atom stereocenters. The second-order valence-electron chi connectivity index (χ2n) is 9.60. The molecule has 1 heterocycles. The van der Waals surface area contributed by atoms with E-state index in [9.17, 15) is 30.8 Å². The molecular formula is C26H27F4N3O6S. The minimum Gasteiger partial charge on any atom is -0.489 e. The number of carbonyl (C=O) groups excluding carboxylic acids is 1. The summed E-state index contributed by atoms with van der Waals surface area (Å²) in [5.74, 6) is -3.57. The predicted octanol–water partition coefficient (Wildman–Crippen LogP) is 4.55. The number of nitrogens with two attached hydrogens (primary N) is 1. The van der Waals surface area contributed by atoms with Gasteiger partial charge >= 0.3 is 6.61 Å². The summed E-state index contributed by atoms with van der Waals surface area (Å²) in [6.07, 6.45) is 2.82. The maximum atomic E-state index is 14.5. The highest BCUT2D eigenvalue weighted by atomic mass is 32.2.